The molecule has 1 rings (SSSR count). The lowest BCUT2D eigenvalue weighted by Gasteiger charge is -2.21. The molecule has 0 amide bonds. The van der Waals surface area contributed by atoms with Gasteiger partial charge in [-0.1, -0.05) is 45.7 Å². The fraction of sp³-hybridized carbons (Fsp3) is 0.625. The Balaban J connectivity index is 2.97. The fourth-order valence-electron chi connectivity index (χ4n) is 2.38. The topological polar surface area (TPSA) is 12.0 Å². The molecule has 0 aromatic heterocycles. The highest BCUT2D eigenvalue weighted by molar-refractivity contribution is 5.30. The molecule has 1 unspecified atom stereocenters. The van der Waals surface area contributed by atoms with Crippen LogP contribution in [0.1, 0.15) is 57.2 Å². The highest BCUT2D eigenvalue weighted by Gasteiger charge is 2.35. The molecule has 5 heteroatoms. The van der Waals surface area contributed by atoms with E-state index in [1.54, 1.807) is 0 Å². The lowest BCUT2D eigenvalue weighted by atomic mass is 9.96. The Labute approximate surface area is 123 Å². The van der Waals surface area contributed by atoms with Gasteiger partial charge in [0.1, 0.15) is 5.82 Å². The van der Waals surface area contributed by atoms with Crippen molar-refractivity contribution in [3.8, 4) is 0 Å². The van der Waals surface area contributed by atoms with Crippen LogP contribution < -0.4 is 5.32 Å². The van der Waals surface area contributed by atoms with Gasteiger partial charge in [0.2, 0.25) is 0 Å². The molecule has 120 valence electrons. The Kier molecular flexibility index (Phi) is 6.65. The van der Waals surface area contributed by atoms with Gasteiger partial charge in [0, 0.05) is 11.6 Å². The average molecular weight is 305 g/mol. The molecular weight excluding hydrogens is 282 g/mol. The molecule has 21 heavy (non-hydrogen) atoms. The van der Waals surface area contributed by atoms with Crippen molar-refractivity contribution in [1.82, 2.24) is 5.32 Å². The van der Waals surface area contributed by atoms with Crippen LogP contribution in [0.25, 0.3) is 0 Å². The molecule has 0 aliphatic carbocycles. The molecule has 1 N–H and O–H groups in total. The van der Waals surface area contributed by atoms with Crippen molar-refractivity contribution in [3.63, 3.8) is 0 Å². The molecule has 1 nitrogen and oxygen atoms in total. The molecule has 0 saturated heterocycles. The summed E-state index contributed by atoms with van der Waals surface area (Å²) in [6.45, 7) is 6.63. The van der Waals surface area contributed by atoms with Crippen molar-refractivity contribution in [2.75, 3.05) is 6.54 Å². The maximum atomic E-state index is 14.2. The monoisotopic (exact) mass is 305 g/mol. The molecule has 0 aliphatic rings. The van der Waals surface area contributed by atoms with Gasteiger partial charge < -0.3 is 5.32 Å². The van der Waals surface area contributed by atoms with Crippen LogP contribution in [0, 0.1) is 11.7 Å². The van der Waals surface area contributed by atoms with Gasteiger partial charge >= 0.3 is 6.18 Å². The second-order valence-corrected chi connectivity index (χ2v) is 5.64. The number of hydrogen-bond acceptors (Lipinski definition) is 1. The van der Waals surface area contributed by atoms with Crippen molar-refractivity contribution in [1.29, 1.82) is 0 Å². The number of halogens is 4. The molecule has 0 bridgehead atoms. The van der Waals surface area contributed by atoms with Crippen LogP contribution in [0.5, 0.6) is 0 Å². The van der Waals surface area contributed by atoms with Crippen molar-refractivity contribution in [3.05, 3.63) is 35.1 Å². The summed E-state index contributed by atoms with van der Waals surface area (Å²) in [5.74, 6) is -0.626. The van der Waals surface area contributed by atoms with E-state index in [0.29, 0.717) is 18.9 Å². The van der Waals surface area contributed by atoms with E-state index < -0.39 is 17.6 Å². The van der Waals surface area contributed by atoms with Crippen molar-refractivity contribution in [2.45, 2.75) is 52.3 Å². The Hall–Kier alpha value is -1.10. The third kappa shape index (κ3) is 5.30. The molecule has 1 aromatic carbocycles. The SMILES string of the molecule is CCNC(CCCC(C)C)c1cccc(C(F)(F)F)c1F. The first-order valence-corrected chi connectivity index (χ1v) is 7.36. The van der Waals surface area contributed by atoms with Crippen molar-refractivity contribution < 1.29 is 17.6 Å². The number of benzene rings is 1. The third-order valence-corrected chi connectivity index (χ3v) is 3.43. The van der Waals surface area contributed by atoms with E-state index in [-0.39, 0.29) is 11.6 Å². The summed E-state index contributed by atoms with van der Waals surface area (Å²) in [6, 6.07) is 3.12. The average Bonchev–Trinajstić information content (AvgIpc) is 2.36. The van der Waals surface area contributed by atoms with Gasteiger partial charge in [-0.2, -0.15) is 13.2 Å². The Morgan fingerprint density at radius 2 is 1.81 bits per heavy atom. The molecule has 1 aromatic rings. The Morgan fingerprint density at radius 1 is 1.14 bits per heavy atom. The summed E-state index contributed by atoms with van der Waals surface area (Å²) < 4.78 is 52.5. The summed E-state index contributed by atoms with van der Waals surface area (Å²) >= 11 is 0. The lowest BCUT2D eigenvalue weighted by Crippen LogP contribution is -2.23. The largest absolute Gasteiger partial charge is 0.419 e. The molecule has 0 aliphatic heterocycles. The summed E-state index contributed by atoms with van der Waals surface area (Å²) in [4.78, 5) is 0. The maximum absolute atomic E-state index is 14.2. The van der Waals surface area contributed by atoms with Gasteiger partial charge in [0.15, 0.2) is 0 Å². The highest BCUT2D eigenvalue weighted by Crippen LogP contribution is 2.34. The van der Waals surface area contributed by atoms with E-state index in [2.05, 4.69) is 19.2 Å². The molecule has 0 spiro atoms. The lowest BCUT2D eigenvalue weighted by molar-refractivity contribution is -0.140. The standard InChI is InChI=1S/C16H23F4N/c1-4-21-14(10-5-7-11(2)3)12-8-6-9-13(15(12)17)16(18,19)20/h6,8-9,11,14,21H,4-5,7,10H2,1-3H3. The van der Waals surface area contributed by atoms with Gasteiger partial charge in [-0.25, -0.2) is 4.39 Å². The predicted molar refractivity (Wildman–Crippen MR) is 76.5 cm³/mol. The van der Waals surface area contributed by atoms with Gasteiger partial charge in [0.05, 0.1) is 5.56 Å². The van der Waals surface area contributed by atoms with Gasteiger partial charge in [-0.05, 0) is 24.9 Å². The van der Waals surface area contributed by atoms with Crippen LogP contribution >= 0.6 is 0 Å². The Bertz CT molecular complexity index is 440. The van der Waals surface area contributed by atoms with E-state index in [1.165, 1.54) is 12.1 Å². The first kappa shape index (κ1) is 18.0. The first-order valence-electron chi connectivity index (χ1n) is 7.36. The zero-order valence-electron chi connectivity index (χ0n) is 12.7. The molecule has 0 heterocycles. The van der Waals surface area contributed by atoms with E-state index >= 15 is 0 Å². The van der Waals surface area contributed by atoms with E-state index in [4.69, 9.17) is 0 Å². The summed E-state index contributed by atoms with van der Waals surface area (Å²) in [5, 5.41) is 3.08. The van der Waals surface area contributed by atoms with Crippen LogP contribution in [0.15, 0.2) is 18.2 Å². The predicted octanol–water partition coefficient (Wildman–Crippen LogP) is 5.32. The van der Waals surface area contributed by atoms with Crippen LogP contribution in [0.2, 0.25) is 0 Å². The zero-order chi connectivity index (χ0) is 16.0. The molecular formula is C16H23F4N. The maximum Gasteiger partial charge on any atom is 0.419 e. The summed E-state index contributed by atoms with van der Waals surface area (Å²) in [6.07, 6.45) is -2.20. The molecule has 0 saturated carbocycles. The smallest absolute Gasteiger partial charge is 0.310 e. The second-order valence-electron chi connectivity index (χ2n) is 5.64. The van der Waals surface area contributed by atoms with Gasteiger partial charge in [0.25, 0.3) is 0 Å². The van der Waals surface area contributed by atoms with Crippen LogP contribution in [-0.4, -0.2) is 6.54 Å². The zero-order valence-corrected chi connectivity index (χ0v) is 12.7. The summed E-state index contributed by atoms with van der Waals surface area (Å²) in [7, 11) is 0. The first-order chi connectivity index (χ1) is 9.77. The number of rotatable bonds is 7. The third-order valence-electron chi connectivity index (χ3n) is 3.43. The number of alkyl halides is 3. The quantitative estimate of drug-likeness (QED) is 0.672. The highest BCUT2D eigenvalue weighted by atomic mass is 19.4. The normalized spacial score (nSPS) is 13.7. The fourth-order valence-corrected chi connectivity index (χ4v) is 2.38. The van der Waals surface area contributed by atoms with Crippen LogP contribution in [-0.2, 0) is 6.18 Å². The Morgan fingerprint density at radius 3 is 2.33 bits per heavy atom. The minimum atomic E-state index is -4.66. The van der Waals surface area contributed by atoms with Gasteiger partial charge in [-0.3, -0.25) is 0 Å². The number of hydrogen-bond donors (Lipinski definition) is 1. The molecule has 1 atom stereocenters. The van der Waals surface area contributed by atoms with E-state index in [9.17, 15) is 17.6 Å². The van der Waals surface area contributed by atoms with Crippen LogP contribution in [0.3, 0.4) is 0 Å². The van der Waals surface area contributed by atoms with E-state index in [0.717, 1.165) is 18.9 Å². The van der Waals surface area contributed by atoms with Crippen LogP contribution in [0.4, 0.5) is 17.6 Å². The van der Waals surface area contributed by atoms with E-state index in [1.807, 2.05) is 6.92 Å². The summed E-state index contributed by atoms with van der Waals surface area (Å²) in [5.41, 5.74) is -1.08. The minimum absolute atomic E-state index is 0.107. The minimum Gasteiger partial charge on any atom is -0.310 e. The van der Waals surface area contributed by atoms with Crippen molar-refractivity contribution >= 4 is 0 Å². The number of nitrogens with one attached hydrogen (secondary N) is 1. The molecule has 0 radical (unpaired) electrons. The molecule has 0 fully saturated rings. The second kappa shape index (κ2) is 7.78. The van der Waals surface area contributed by atoms with Gasteiger partial charge in [-0.15, -0.1) is 0 Å². The van der Waals surface area contributed by atoms with Crippen molar-refractivity contribution in [2.24, 2.45) is 5.92 Å².